The van der Waals surface area contributed by atoms with Crippen LogP contribution in [-0.2, 0) is 4.74 Å². The van der Waals surface area contributed by atoms with Crippen molar-refractivity contribution in [2.45, 2.75) is 69.6 Å². The zero-order valence-corrected chi connectivity index (χ0v) is 10.7. The molecule has 0 bridgehead atoms. The Morgan fingerprint density at radius 2 is 1.76 bits per heavy atom. The number of hydrogen-bond acceptors (Lipinski definition) is 2. The Kier molecular flexibility index (Phi) is 4.66. The lowest BCUT2D eigenvalue weighted by atomic mass is 9.96. The third kappa shape index (κ3) is 3.60. The highest BCUT2D eigenvalue weighted by Crippen LogP contribution is 2.21. The van der Waals surface area contributed by atoms with E-state index in [1.807, 2.05) is 0 Å². The summed E-state index contributed by atoms with van der Waals surface area (Å²) in [5.74, 6) is 0. The fourth-order valence-electron chi connectivity index (χ4n) is 3.02. The molecule has 2 saturated carbocycles. The Morgan fingerprint density at radius 3 is 2.47 bits per heavy atom. The van der Waals surface area contributed by atoms with Crippen LogP contribution in [-0.4, -0.2) is 31.3 Å². The predicted molar refractivity (Wildman–Crippen MR) is 67.0 cm³/mol. The van der Waals surface area contributed by atoms with E-state index in [0.29, 0.717) is 6.04 Å². The van der Waals surface area contributed by atoms with Gasteiger partial charge in [0.25, 0.3) is 0 Å². The van der Waals surface area contributed by atoms with E-state index in [4.69, 9.17) is 4.74 Å². The van der Waals surface area contributed by atoms with Crippen LogP contribution in [0.15, 0.2) is 0 Å². The first-order valence-corrected chi connectivity index (χ1v) is 6.89. The zero-order chi connectivity index (χ0) is 12.1. The van der Waals surface area contributed by atoms with Crippen LogP contribution in [0.25, 0.3) is 0 Å². The molecule has 98 valence electrons. The van der Waals surface area contributed by atoms with Gasteiger partial charge in [-0.3, -0.25) is 0 Å². The molecule has 4 heteroatoms. The number of hydrogen-bond donors (Lipinski definition) is 2. The minimum absolute atomic E-state index is 0.00847. The standard InChI is InChI=1S/C13H24N2O2/c1-17-12-9-5-8-11(12)15-13(16)14-10-6-3-2-4-7-10/h10-12H,2-9H2,1H3,(H2,14,15,16). The molecule has 2 rings (SSSR count). The van der Waals surface area contributed by atoms with Gasteiger partial charge in [-0.25, -0.2) is 4.79 Å². The molecule has 0 aromatic carbocycles. The lowest BCUT2D eigenvalue weighted by molar-refractivity contribution is 0.0872. The average Bonchev–Trinajstić information content (AvgIpc) is 2.77. The van der Waals surface area contributed by atoms with E-state index < -0.39 is 0 Å². The number of amides is 2. The van der Waals surface area contributed by atoms with Crippen LogP contribution >= 0.6 is 0 Å². The molecule has 2 aliphatic rings. The molecule has 2 atom stereocenters. The molecule has 2 unspecified atom stereocenters. The summed E-state index contributed by atoms with van der Waals surface area (Å²) in [5, 5.41) is 6.14. The number of nitrogens with one attached hydrogen (secondary N) is 2. The van der Waals surface area contributed by atoms with Gasteiger partial charge in [-0.15, -0.1) is 0 Å². The number of rotatable bonds is 3. The summed E-state index contributed by atoms with van der Waals surface area (Å²) in [6.45, 7) is 0. The number of ether oxygens (including phenoxy) is 1. The highest BCUT2D eigenvalue weighted by Gasteiger charge is 2.28. The van der Waals surface area contributed by atoms with E-state index in [0.717, 1.165) is 32.1 Å². The summed E-state index contributed by atoms with van der Waals surface area (Å²) >= 11 is 0. The van der Waals surface area contributed by atoms with Gasteiger partial charge in [-0.05, 0) is 32.1 Å². The largest absolute Gasteiger partial charge is 0.379 e. The average molecular weight is 240 g/mol. The molecule has 0 spiro atoms. The van der Waals surface area contributed by atoms with E-state index in [1.165, 1.54) is 19.3 Å². The van der Waals surface area contributed by atoms with Crippen molar-refractivity contribution in [3.05, 3.63) is 0 Å². The second kappa shape index (κ2) is 6.24. The van der Waals surface area contributed by atoms with E-state index >= 15 is 0 Å². The van der Waals surface area contributed by atoms with Crippen molar-refractivity contribution in [3.63, 3.8) is 0 Å². The van der Waals surface area contributed by atoms with E-state index in [-0.39, 0.29) is 18.2 Å². The Labute approximate surface area is 103 Å². The molecule has 0 aliphatic heterocycles. The fourth-order valence-corrected chi connectivity index (χ4v) is 3.02. The van der Waals surface area contributed by atoms with E-state index in [1.54, 1.807) is 7.11 Å². The summed E-state index contributed by atoms with van der Waals surface area (Å²) in [4.78, 5) is 11.9. The molecule has 2 amide bonds. The van der Waals surface area contributed by atoms with Gasteiger partial charge in [0.15, 0.2) is 0 Å². The SMILES string of the molecule is COC1CCCC1NC(=O)NC1CCCCC1. The quantitative estimate of drug-likeness (QED) is 0.794. The lowest BCUT2D eigenvalue weighted by Gasteiger charge is -2.25. The van der Waals surface area contributed by atoms with Crippen molar-refractivity contribution in [2.75, 3.05) is 7.11 Å². The van der Waals surface area contributed by atoms with Crippen molar-refractivity contribution >= 4 is 6.03 Å². The van der Waals surface area contributed by atoms with Crippen molar-refractivity contribution in [1.29, 1.82) is 0 Å². The molecule has 4 nitrogen and oxygen atoms in total. The molecule has 2 aliphatic carbocycles. The number of methoxy groups -OCH3 is 1. The molecule has 0 heterocycles. The van der Waals surface area contributed by atoms with Crippen LogP contribution in [0.2, 0.25) is 0 Å². The Bertz CT molecular complexity index is 252. The summed E-state index contributed by atoms with van der Waals surface area (Å²) < 4.78 is 5.37. The Balaban J connectivity index is 1.72. The van der Waals surface area contributed by atoms with Crippen LogP contribution in [0.3, 0.4) is 0 Å². The van der Waals surface area contributed by atoms with Gasteiger partial charge in [0.05, 0.1) is 12.1 Å². The maximum Gasteiger partial charge on any atom is 0.315 e. The van der Waals surface area contributed by atoms with Gasteiger partial charge >= 0.3 is 6.03 Å². The van der Waals surface area contributed by atoms with Crippen molar-refractivity contribution < 1.29 is 9.53 Å². The van der Waals surface area contributed by atoms with Gasteiger partial charge in [-0.1, -0.05) is 19.3 Å². The summed E-state index contributed by atoms with van der Waals surface area (Å²) in [6, 6.07) is 0.570. The molecule has 2 fully saturated rings. The van der Waals surface area contributed by atoms with Gasteiger partial charge in [0.2, 0.25) is 0 Å². The second-order valence-electron chi connectivity index (χ2n) is 5.26. The zero-order valence-electron chi connectivity index (χ0n) is 10.7. The van der Waals surface area contributed by atoms with Crippen LogP contribution in [0.5, 0.6) is 0 Å². The summed E-state index contributed by atoms with van der Waals surface area (Å²) in [5.41, 5.74) is 0. The number of carbonyl (C=O) groups is 1. The first-order chi connectivity index (χ1) is 8.29. The summed E-state index contributed by atoms with van der Waals surface area (Å²) in [6.07, 6.45) is 9.51. The minimum Gasteiger partial charge on any atom is -0.379 e. The van der Waals surface area contributed by atoms with Crippen LogP contribution < -0.4 is 10.6 Å². The predicted octanol–water partition coefficient (Wildman–Crippen LogP) is 2.19. The Hall–Kier alpha value is -0.770. The minimum atomic E-state index is -0.00847. The van der Waals surface area contributed by atoms with Gasteiger partial charge < -0.3 is 15.4 Å². The molecule has 0 radical (unpaired) electrons. The van der Waals surface area contributed by atoms with Crippen molar-refractivity contribution in [2.24, 2.45) is 0 Å². The number of urea groups is 1. The Morgan fingerprint density at radius 1 is 1.00 bits per heavy atom. The topological polar surface area (TPSA) is 50.4 Å². The highest BCUT2D eigenvalue weighted by molar-refractivity contribution is 5.74. The van der Waals surface area contributed by atoms with Gasteiger partial charge in [-0.2, -0.15) is 0 Å². The van der Waals surface area contributed by atoms with Gasteiger partial charge in [0, 0.05) is 13.2 Å². The maximum atomic E-state index is 11.9. The van der Waals surface area contributed by atoms with Crippen molar-refractivity contribution in [1.82, 2.24) is 10.6 Å². The van der Waals surface area contributed by atoms with Gasteiger partial charge in [0.1, 0.15) is 0 Å². The third-order valence-corrected chi connectivity index (χ3v) is 4.01. The first-order valence-electron chi connectivity index (χ1n) is 6.89. The molecule has 0 saturated heterocycles. The normalized spacial score (nSPS) is 30.2. The smallest absolute Gasteiger partial charge is 0.315 e. The monoisotopic (exact) mass is 240 g/mol. The number of carbonyl (C=O) groups excluding carboxylic acids is 1. The van der Waals surface area contributed by atoms with E-state index in [9.17, 15) is 4.79 Å². The summed E-state index contributed by atoms with van der Waals surface area (Å²) in [7, 11) is 1.73. The molecule has 17 heavy (non-hydrogen) atoms. The van der Waals surface area contributed by atoms with Crippen molar-refractivity contribution in [3.8, 4) is 0 Å². The third-order valence-electron chi connectivity index (χ3n) is 4.01. The van der Waals surface area contributed by atoms with E-state index in [2.05, 4.69) is 10.6 Å². The molecule has 0 aromatic heterocycles. The van der Waals surface area contributed by atoms with Crippen LogP contribution in [0.4, 0.5) is 4.79 Å². The molecular formula is C13H24N2O2. The maximum absolute atomic E-state index is 11.9. The first kappa shape index (κ1) is 12.7. The van der Waals surface area contributed by atoms with Crippen LogP contribution in [0.1, 0.15) is 51.4 Å². The highest BCUT2D eigenvalue weighted by atomic mass is 16.5. The molecule has 0 aromatic rings. The fraction of sp³-hybridized carbons (Fsp3) is 0.923. The van der Waals surface area contributed by atoms with Crippen LogP contribution in [0, 0.1) is 0 Å². The molecule has 2 N–H and O–H groups in total. The molecular weight excluding hydrogens is 216 g/mol. The second-order valence-corrected chi connectivity index (χ2v) is 5.26. The lowest BCUT2D eigenvalue weighted by Crippen LogP contribution is -2.49.